The first-order valence-electron chi connectivity index (χ1n) is 9.52. The van der Waals surface area contributed by atoms with Crippen LogP contribution >= 0.6 is 0 Å². The van der Waals surface area contributed by atoms with Crippen LogP contribution in [0.15, 0.2) is 53.4 Å². The predicted molar refractivity (Wildman–Crippen MR) is 109 cm³/mol. The third kappa shape index (κ3) is 5.11. The fourth-order valence-corrected chi connectivity index (χ4v) is 4.76. The fraction of sp³-hybridized carbons (Fsp3) is 0.381. The Balaban J connectivity index is 1.55. The van der Waals surface area contributed by atoms with E-state index in [0.717, 1.165) is 30.6 Å². The SMILES string of the molecule is COc1ccc(CCC(=O)Nc2ccc(S(=O)(=O)N3CCCCC3)cc2)cc1. The molecule has 0 saturated carbocycles. The third-order valence-corrected chi connectivity index (χ3v) is 6.80. The second-order valence-corrected chi connectivity index (χ2v) is 8.82. The first-order valence-corrected chi connectivity index (χ1v) is 11.0. The molecule has 150 valence electrons. The number of carbonyl (C=O) groups excluding carboxylic acids is 1. The number of rotatable bonds is 7. The minimum atomic E-state index is -3.45. The zero-order valence-electron chi connectivity index (χ0n) is 16.1. The highest BCUT2D eigenvalue weighted by Gasteiger charge is 2.25. The quantitative estimate of drug-likeness (QED) is 0.770. The number of anilines is 1. The second kappa shape index (κ2) is 9.21. The zero-order valence-corrected chi connectivity index (χ0v) is 16.9. The number of nitrogens with zero attached hydrogens (tertiary/aromatic N) is 1. The Morgan fingerprint density at radius 3 is 2.25 bits per heavy atom. The number of hydrogen-bond donors (Lipinski definition) is 1. The van der Waals surface area contributed by atoms with E-state index in [1.54, 1.807) is 35.7 Å². The number of ether oxygens (including phenoxy) is 1. The molecule has 0 unspecified atom stereocenters. The van der Waals surface area contributed by atoms with Crippen LogP contribution in [0.4, 0.5) is 5.69 Å². The maximum Gasteiger partial charge on any atom is 0.243 e. The van der Waals surface area contributed by atoms with E-state index in [1.165, 1.54) is 0 Å². The molecular formula is C21H26N2O4S. The van der Waals surface area contributed by atoms with E-state index in [1.807, 2.05) is 24.3 Å². The number of amides is 1. The molecule has 1 saturated heterocycles. The van der Waals surface area contributed by atoms with Gasteiger partial charge >= 0.3 is 0 Å². The molecule has 0 radical (unpaired) electrons. The monoisotopic (exact) mass is 402 g/mol. The minimum absolute atomic E-state index is 0.109. The van der Waals surface area contributed by atoms with Crippen molar-refractivity contribution in [2.24, 2.45) is 0 Å². The number of carbonyl (C=O) groups is 1. The van der Waals surface area contributed by atoms with E-state index >= 15 is 0 Å². The molecule has 0 aliphatic carbocycles. The van der Waals surface area contributed by atoms with Crippen LogP contribution < -0.4 is 10.1 Å². The van der Waals surface area contributed by atoms with E-state index in [-0.39, 0.29) is 10.8 Å². The molecule has 0 atom stereocenters. The maximum absolute atomic E-state index is 12.7. The predicted octanol–water partition coefficient (Wildman–Crippen LogP) is 3.44. The van der Waals surface area contributed by atoms with Gasteiger partial charge in [0, 0.05) is 25.2 Å². The summed E-state index contributed by atoms with van der Waals surface area (Å²) < 4.78 is 32.0. The van der Waals surface area contributed by atoms with Crippen molar-refractivity contribution in [2.75, 3.05) is 25.5 Å². The Morgan fingerprint density at radius 1 is 1.00 bits per heavy atom. The lowest BCUT2D eigenvalue weighted by Gasteiger charge is -2.25. The van der Waals surface area contributed by atoms with Crippen LogP contribution in [0.1, 0.15) is 31.2 Å². The van der Waals surface area contributed by atoms with Gasteiger partial charge in [-0.05, 0) is 61.2 Å². The number of nitrogens with one attached hydrogen (secondary N) is 1. The zero-order chi connectivity index (χ0) is 20.0. The van der Waals surface area contributed by atoms with Gasteiger partial charge in [0.25, 0.3) is 0 Å². The van der Waals surface area contributed by atoms with Crippen LogP contribution in [-0.2, 0) is 21.2 Å². The van der Waals surface area contributed by atoms with Gasteiger partial charge in [0.05, 0.1) is 12.0 Å². The largest absolute Gasteiger partial charge is 0.497 e. The molecule has 1 N–H and O–H groups in total. The van der Waals surface area contributed by atoms with Crippen LogP contribution in [0.25, 0.3) is 0 Å². The average Bonchev–Trinajstić information content (AvgIpc) is 2.73. The lowest BCUT2D eigenvalue weighted by molar-refractivity contribution is -0.116. The lowest BCUT2D eigenvalue weighted by atomic mass is 10.1. The average molecular weight is 403 g/mol. The summed E-state index contributed by atoms with van der Waals surface area (Å²) in [5.74, 6) is 0.676. The van der Waals surface area contributed by atoms with Crippen molar-refractivity contribution in [1.82, 2.24) is 4.31 Å². The van der Waals surface area contributed by atoms with Gasteiger partial charge in [-0.25, -0.2) is 8.42 Å². The Labute approximate surface area is 166 Å². The minimum Gasteiger partial charge on any atom is -0.497 e. The van der Waals surface area contributed by atoms with Crippen molar-refractivity contribution >= 4 is 21.6 Å². The molecule has 0 aromatic heterocycles. The molecule has 1 aliphatic heterocycles. The van der Waals surface area contributed by atoms with Gasteiger partial charge in [0.2, 0.25) is 15.9 Å². The van der Waals surface area contributed by atoms with Crippen molar-refractivity contribution in [2.45, 2.75) is 37.0 Å². The Morgan fingerprint density at radius 2 is 1.64 bits per heavy atom. The van der Waals surface area contributed by atoms with Crippen LogP contribution in [0, 0.1) is 0 Å². The second-order valence-electron chi connectivity index (χ2n) is 6.89. The standard InChI is InChI=1S/C21H26N2O4S/c1-27-19-10-5-17(6-11-19)7-14-21(24)22-18-8-12-20(13-9-18)28(25,26)23-15-3-2-4-16-23/h5-6,8-13H,2-4,7,14-16H2,1H3,(H,22,24). The van der Waals surface area contributed by atoms with Crippen LogP contribution in [-0.4, -0.2) is 38.8 Å². The number of aryl methyl sites for hydroxylation is 1. The molecule has 2 aromatic rings. The van der Waals surface area contributed by atoms with Crippen molar-refractivity contribution in [3.05, 3.63) is 54.1 Å². The Kier molecular flexibility index (Phi) is 6.70. The van der Waals surface area contributed by atoms with E-state index in [9.17, 15) is 13.2 Å². The smallest absolute Gasteiger partial charge is 0.243 e. The molecule has 6 nitrogen and oxygen atoms in total. The van der Waals surface area contributed by atoms with E-state index in [4.69, 9.17) is 4.74 Å². The van der Waals surface area contributed by atoms with Crippen LogP contribution in [0.5, 0.6) is 5.75 Å². The first-order chi connectivity index (χ1) is 13.5. The van der Waals surface area contributed by atoms with Crippen molar-refractivity contribution in [3.8, 4) is 5.75 Å². The Hall–Kier alpha value is -2.38. The number of sulfonamides is 1. The summed E-state index contributed by atoms with van der Waals surface area (Å²) in [5.41, 5.74) is 1.65. The molecule has 28 heavy (non-hydrogen) atoms. The molecular weight excluding hydrogens is 376 g/mol. The highest BCUT2D eigenvalue weighted by atomic mass is 32.2. The molecule has 2 aromatic carbocycles. The van der Waals surface area contributed by atoms with E-state index in [0.29, 0.717) is 31.6 Å². The van der Waals surface area contributed by atoms with Crippen molar-refractivity contribution in [3.63, 3.8) is 0 Å². The van der Waals surface area contributed by atoms with Crippen LogP contribution in [0.3, 0.4) is 0 Å². The van der Waals surface area contributed by atoms with E-state index < -0.39 is 10.0 Å². The molecule has 0 spiro atoms. The highest BCUT2D eigenvalue weighted by molar-refractivity contribution is 7.89. The number of methoxy groups -OCH3 is 1. The van der Waals surface area contributed by atoms with E-state index in [2.05, 4.69) is 5.32 Å². The van der Waals surface area contributed by atoms with Gasteiger partial charge < -0.3 is 10.1 Å². The maximum atomic E-state index is 12.7. The lowest BCUT2D eigenvalue weighted by Crippen LogP contribution is -2.35. The summed E-state index contributed by atoms with van der Waals surface area (Å²) in [5, 5.41) is 2.82. The molecule has 1 aliphatic rings. The molecule has 1 fully saturated rings. The van der Waals surface area contributed by atoms with Gasteiger partial charge in [-0.15, -0.1) is 0 Å². The van der Waals surface area contributed by atoms with Crippen molar-refractivity contribution < 1.29 is 17.9 Å². The number of hydrogen-bond acceptors (Lipinski definition) is 4. The molecule has 0 bridgehead atoms. The summed E-state index contributed by atoms with van der Waals surface area (Å²) in [7, 11) is -1.83. The van der Waals surface area contributed by atoms with Gasteiger partial charge in [-0.1, -0.05) is 18.6 Å². The summed E-state index contributed by atoms with van der Waals surface area (Å²) in [6.07, 6.45) is 3.86. The first kappa shape index (κ1) is 20.4. The number of benzene rings is 2. The summed E-state index contributed by atoms with van der Waals surface area (Å²) in [6, 6.07) is 14.0. The van der Waals surface area contributed by atoms with Gasteiger partial charge in [0.15, 0.2) is 0 Å². The topological polar surface area (TPSA) is 75.7 Å². The van der Waals surface area contributed by atoms with Gasteiger partial charge in [-0.2, -0.15) is 4.31 Å². The molecule has 1 amide bonds. The molecule has 3 rings (SSSR count). The third-order valence-electron chi connectivity index (χ3n) is 4.89. The molecule has 1 heterocycles. The fourth-order valence-electron chi connectivity index (χ4n) is 3.24. The van der Waals surface area contributed by atoms with Gasteiger partial charge in [0.1, 0.15) is 5.75 Å². The normalized spacial score (nSPS) is 15.2. The Bertz CT molecular complexity index is 887. The van der Waals surface area contributed by atoms with Gasteiger partial charge in [-0.3, -0.25) is 4.79 Å². The van der Waals surface area contributed by atoms with Crippen LogP contribution in [0.2, 0.25) is 0 Å². The summed E-state index contributed by atoms with van der Waals surface area (Å²) in [4.78, 5) is 12.4. The number of piperidine rings is 1. The molecule has 7 heteroatoms. The summed E-state index contributed by atoms with van der Waals surface area (Å²) in [6.45, 7) is 1.15. The van der Waals surface area contributed by atoms with Crippen molar-refractivity contribution in [1.29, 1.82) is 0 Å². The highest BCUT2D eigenvalue weighted by Crippen LogP contribution is 2.22. The summed E-state index contributed by atoms with van der Waals surface area (Å²) >= 11 is 0.